The Bertz CT molecular complexity index is 903. The highest BCUT2D eigenvalue weighted by Gasteiger charge is 2.10. The molecule has 0 radical (unpaired) electrons. The van der Waals surface area contributed by atoms with Crippen molar-refractivity contribution < 1.29 is 4.39 Å². The lowest BCUT2D eigenvalue weighted by atomic mass is 10.2. The zero-order chi connectivity index (χ0) is 19.2. The molecule has 2 heterocycles. The molecule has 0 bridgehead atoms. The number of guanidine groups is 1. The van der Waals surface area contributed by atoms with Crippen LogP contribution in [0.2, 0.25) is 0 Å². The smallest absolute Gasteiger partial charge is 0.194 e. The molecule has 0 amide bonds. The van der Waals surface area contributed by atoms with Gasteiger partial charge in [0.05, 0.1) is 6.54 Å². The van der Waals surface area contributed by atoms with Gasteiger partial charge in [0.1, 0.15) is 18.2 Å². The van der Waals surface area contributed by atoms with Gasteiger partial charge in [0, 0.05) is 25.5 Å². The fraction of sp³-hybridized carbons (Fsp3) is 0.316. The van der Waals surface area contributed by atoms with Gasteiger partial charge in [0.2, 0.25) is 0 Å². The van der Waals surface area contributed by atoms with Crippen molar-refractivity contribution in [1.29, 1.82) is 0 Å². The first kappa shape index (κ1) is 19.0. The van der Waals surface area contributed by atoms with Crippen LogP contribution in [0.25, 0.3) is 0 Å². The van der Waals surface area contributed by atoms with Crippen LogP contribution in [0.4, 0.5) is 4.39 Å². The Morgan fingerprint density at radius 3 is 2.81 bits per heavy atom. The first-order valence-electron chi connectivity index (χ1n) is 8.64. The summed E-state index contributed by atoms with van der Waals surface area (Å²) >= 11 is 1.69. The normalized spacial score (nSPS) is 11.6. The summed E-state index contributed by atoms with van der Waals surface area (Å²) in [5, 5.41) is 13.7. The largest absolute Gasteiger partial charge is 0.351 e. The van der Waals surface area contributed by atoms with Crippen molar-refractivity contribution >= 4 is 17.3 Å². The first-order chi connectivity index (χ1) is 13.0. The van der Waals surface area contributed by atoms with Gasteiger partial charge in [0.15, 0.2) is 11.8 Å². The maximum atomic E-state index is 13.5. The van der Waals surface area contributed by atoms with E-state index >= 15 is 0 Å². The third-order valence-corrected chi connectivity index (χ3v) is 5.10. The highest BCUT2D eigenvalue weighted by molar-refractivity contribution is 7.09. The molecule has 0 unspecified atom stereocenters. The van der Waals surface area contributed by atoms with Crippen LogP contribution in [-0.2, 0) is 26.7 Å². The molecule has 0 atom stereocenters. The van der Waals surface area contributed by atoms with E-state index < -0.39 is 0 Å². The minimum absolute atomic E-state index is 0.236. The van der Waals surface area contributed by atoms with Crippen molar-refractivity contribution in [3.8, 4) is 0 Å². The van der Waals surface area contributed by atoms with Crippen molar-refractivity contribution in [1.82, 2.24) is 25.0 Å². The molecule has 0 spiro atoms. The lowest BCUT2D eigenvalue weighted by molar-refractivity contribution is 0.472. The Balaban J connectivity index is 1.75. The number of hydrogen-bond acceptors (Lipinski definition) is 4. The SMILES string of the molecule is Cc1nnc(CN=C(NCc2cccs2)N(C)Cc2cccc(F)c2)n1C. The number of aliphatic imine (C=N–C) groups is 1. The summed E-state index contributed by atoms with van der Waals surface area (Å²) in [4.78, 5) is 7.90. The monoisotopic (exact) mass is 386 g/mol. The number of aromatic nitrogens is 3. The van der Waals surface area contributed by atoms with Gasteiger partial charge in [-0.2, -0.15) is 0 Å². The van der Waals surface area contributed by atoms with Gasteiger partial charge < -0.3 is 14.8 Å². The first-order valence-corrected chi connectivity index (χ1v) is 9.52. The molecule has 0 saturated carbocycles. The molecular formula is C19H23FN6S. The lowest BCUT2D eigenvalue weighted by Gasteiger charge is -2.22. The van der Waals surface area contributed by atoms with Crippen molar-refractivity contribution in [2.45, 2.75) is 26.6 Å². The summed E-state index contributed by atoms with van der Waals surface area (Å²) in [5.74, 6) is 2.14. The molecule has 27 heavy (non-hydrogen) atoms. The number of thiophene rings is 1. The van der Waals surface area contributed by atoms with Crippen LogP contribution in [0.15, 0.2) is 46.8 Å². The van der Waals surface area contributed by atoms with E-state index in [9.17, 15) is 4.39 Å². The third-order valence-electron chi connectivity index (χ3n) is 4.22. The van der Waals surface area contributed by atoms with E-state index in [1.54, 1.807) is 23.5 Å². The maximum absolute atomic E-state index is 13.5. The maximum Gasteiger partial charge on any atom is 0.194 e. The van der Waals surface area contributed by atoms with Gasteiger partial charge in [-0.1, -0.05) is 18.2 Å². The van der Waals surface area contributed by atoms with E-state index in [4.69, 9.17) is 4.99 Å². The molecule has 0 fully saturated rings. The Hall–Kier alpha value is -2.74. The summed E-state index contributed by atoms with van der Waals surface area (Å²) in [6, 6.07) is 10.7. The second-order valence-corrected chi connectivity index (χ2v) is 7.31. The van der Waals surface area contributed by atoms with Crippen LogP contribution in [0.3, 0.4) is 0 Å². The average molecular weight is 387 g/mol. The highest BCUT2D eigenvalue weighted by Crippen LogP contribution is 2.10. The van der Waals surface area contributed by atoms with Crippen molar-refractivity contribution in [3.63, 3.8) is 0 Å². The number of nitrogens with zero attached hydrogens (tertiary/aromatic N) is 5. The van der Waals surface area contributed by atoms with Crippen LogP contribution in [0.1, 0.15) is 22.1 Å². The minimum atomic E-state index is -0.236. The summed E-state index contributed by atoms with van der Waals surface area (Å²) in [5.41, 5.74) is 0.887. The van der Waals surface area contributed by atoms with E-state index in [0.717, 1.165) is 23.2 Å². The number of aryl methyl sites for hydroxylation is 1. The zero-order valence-corrected chi connectivity index (χ0v) is 16.5. The summed E-state index contributed by atoms with van der Waals surface area (Å²) < 4.78 is 15.4. The zero-order valence-electron chi connectivity index (χ0n) is 15.7. The Morgan fingerprint density at radius 1 is 1.30 bits per heavy atom. The molecule has 1 N–H and O–H groups in total. The molecule has 8 heteroatoms. The minimum Gasteiger partial charge on any atom is -0.351 e. The van der Waals surface area contributed by atoms with Crippen LogP contribution in [0, 0.1) is 12.7 Å². The third kappa shape index (κ3) is 5.13. The van der Waals surface area contributed by atoms with Crippen molar-refractivity contribution in [3.05, 3.63) is 69.7 Å². The van der Waals surface area contributed by atoms with E-state index in [2.05, 4.69) is 21.6 Å². The van der Waals surface area contributed by atoms with Gasteiger partial charge in [0.25, 0.3) is 0 Å². The lowest BCUT2D eigenvalue weighted by Crippen LogP contribution is -2.38. The molecule has 3 aromatic rings. The molecule has 6 nitrogen and oxygen atoms in total. The van der Waals surface area contributed by atoms with Gasteiger partial charge in [-0.25, -0.2) is 9.38 Å². The van der Waals surface area contributed by atoms with Crippen molar-refractivity contribution in [2.24, 2.45) is 12.0 Å². The van der Waals surface area contributed by atoms with E-state index in [-0.39, 0.29) is 5.82 Å². The fourth-order valence-corrected chi connectivity index (χ4v) is 3.25. The van der Waals surface area contributed by atoms with Gasteiger partial charge >= 0.3 is 0 Å². The topological polar surface area (TPSA) is 58.3 Å². The Labute approximate surface area is 162 Å². The molecular weight excluding hydrogens is 363 g/mol. The summed E-state index contributed by atoms with van der Waals surface area (Å²) in [6.45, 7) is 3.55. The predicted octanol–water partition coefficient (Wildman–Crippen LogP) is 3.10. The molecule has 0 saturated heterocycles. The molecule has 142 valence electrons. The summed E-state index contributed by atoms with van der Waals surface area (Å²) in [6.07, 6.45) is 0. The van der Waals surface area contributed by atoms with Gasteiger partial charge in [-0.15, -0.1) is 21.5 Å². The standard InChI is InChI=1S/C19H23FN6S/c1-14-23-24-18(26(14)3)12-22-19(21-11-17-8-5-9-27-17)25(2)13-15-6-4-7-16(20)10-15/h4-10H,11-13H2,1-3H3,(H,21,22). The predicted molar refractivity (Wildman–Crippen MR) is 106 cm³/mol. The van der Waals surface area contributed by atoms with Crippen LogP contribution >= 0.6 is 11.3 Å². The van der Waals surface area contributed by atoms with E-state index in [1.807, 2.05) is 48.0 Å². The quantitative estimate of drug-likeness (QED) is 0.522. The number of hydrogen-bond donors (Lipinski definition) is 1. The molecule has 2 aromatic heterocycles. The molecule has 3 rings (SSSR count). The molecule has 0 aliphatic heterocycles. The van der Waals surface area contributed by atoms with Crippen LogP contribution in [-0.4, -0.2) is 32.7 Å². The average Bonchev–Trinajstić information content (AvgIpc) is 3.26. The van der Waals surface area contributed by atoms with E-state index in [1.165, 1.54) is 10.9 Å². The number of halogens is 1. The summed E-state index contributed by atoms with van der Waals surface area (Å²) in [7, 11) is 3.86. The molecule has 1 aromatic carbocycles. The number of rotatable bonds is 6. The second kappa shape index (κ2) is 8.77. The fourth-order valence-electron chi connectivity index (χ4n) is 2.61. The van der Waals surface area contributed by atoms with Crippen molar-refractivity contribution in [2.75, 3.05) is 7.05 Å². The number of nitrogens with one attached hydrogen (secondary N) is 1. The van der Waals surface area contributed by atoms with Crippen LogP contribution < -0.4 is 5.32 Å². The highest BCUT2D eigenvalue weighted by atomic mass is 32.1. The van der Waals surface area contributed by atoms with Gasteiger partial charge in [-0.3, -0.25) is 0 Å². The Morgan fingerprint density at radius 2 is 2.15 bits per heavy atom. The molecule has 0 aliphatic carbocycles. The Kier molecular flexibility index (Phi) is 6.18. The van der Waals surface area contributed by atoms with Crippen LogP contribution in [0.5, 0.6) is 0 Å². The van der Waals surface area contributed by atoms with Gasteiger partial charge in [-0.05, 0) is 36.1 Å². The second-order valence-electron chi connectivity index (χ2n) is 6.28. The number of benzene rings is 1. The molecule has 0 aliphatic rings. The van der Waals surface area contributed by atoms with E-state index in [0.29, 0.717) is 19.6 Å².